The third kappa shape index (κ3) is 4.67. The molecule has 0 radical (unpaired) electrons. The quantitative estimate of drug-likeness (QED) is 0.283. The van der Waals surface area contributed by atoms with E-state index in [9.17, 15) is 9.59 Å². The highest BCUT2D eigenvalue weighted by atomic mass is 16.2. The molecule has 0 N–H and O–H groups in total. The molecule has 0 aliphatic carbocycles. The molecule has 0 unspecified atom stereocenters. The van der Waals surface area contributed by atoms with Crippen LogP contribution in [0.25, 0.3) is 0 Å². The van der Waals surface area contributed by atoms with Crippen LogP contribution in [0, 0.1) is 0 Å². The van der Waals surface area contributed by atoms with E-state index in [0.717, 1.165) is 29.5 Å². The molecule has 36 heavy (non-hydrogen) atoms. The summed E-state index contributed by atoms with van der Waals surface area (Å²) in [7, 11) is 0. The Morgan fingerprint density at radius 2 is 1.17 bits per heavy atom. The third-order valence-corrected chi connectivity index (χ3v) is 6.93. The first kappa shape index (κ1) is 23.6. The largest absolute Gasteiger partial charge is 0.332 e. The number of hydrogen-bond donors (Lipinski definition) is 0. The van der Waals surface area contributed by atoms with Crippen LogP contribution < -0.4 is 4.90 Å². The lowest BCUT2D eigenvalue weighted by Gasteiger charge is -2.28. The minimum Gasteiger partial charge on any atom is -0.305 e. The van der Waals surface area contributed by atoms with Crippen LogP contribution in [0.15, 0.2) is 109 Å². The van der Waals surface area contributed by atoms with Crippen molar-refractivity contribution >= 4 is 17.6 Å². The van der Waals surface area contributed by atoms with E-state index in [-0.39, 0.29) is 11.9 Å². The van der Waals surface area contributed by atoms with Crippen molar-refractivity contribution in [1.82, 2.24) is 4.90 Å². The Balaban J connectivity index is 1.41. The number of urea groups is 1. The molecule has 0 bridgehead atoms. The van der Waals surface area contributed by atoms with Crippen molar-refractivity contribution in [3.63, 3.8) is 0 Å². The van der Waals surface area contributed by atoms with Gasteiger partial charge in [-0.1, -0.05) is 97.1 Å². The maximum absolute atomic E-state index is 13.7. The number of carbonyl (C=O) groups is 2. The maximum atomic E-state index is 13.7. The molecule has 1 fully saturated rings. The summed E-state index contributed by atoms with van der Waals surface area (Å²) in [5, 5.41) is 0. The molecule has 4 aromatic rings. The Bertz CT molecular complexity index is 1380. The molecular weight excluding hydrogens is 444 g/mol. The highest BCUT2D eigenvalue weighted by Gasteiger charge is 2.51. The minimum atomic E-state index is -0.952. The van der Waals surface area contributed by atoms with Gasteiger partial charge in [-0.15, -0.1) is 0 Å². The number of amides is 3. The van der Waals surface area contributed by atoms with E-state index in [0.29, 0.717) is 12.2 Å². The zero-order chi connectivity index (χ0) is 25.1. The van der Waals surface area contributed by atoms with E-state index in [1.807, 2.05) is 86.6 Å². The Labute approximate surface area is 212 Å². The summed E-state index contributed by atoms with van der Waals surface area (Å²) in [6.07, 6.45) is 1.52. The summed E-state index contributed by atoms with van der Waals surface area (Å²) in [4.78, 5) is 30.3. The number of imide groups is 1. The van der Waals surface area contributed by atoms with Crippen LogP contribution in [-0.4, -0.2) is 22.4 Å². The molecule has 3 amide bonds. The SMILES string of the molecule is CC1(C)C(=O)N(c2cccc(Cc3ccccc3)c2)C(=O)N1Cc1ccccc1Cc1ccccc1. The van der Waals surface area contributed by atoms with E-state index < -0.39 is 5.54 Å². The number of anilines is 1. The lowest BCUT2D eigenvalue weighted by Crippen LogP contribution is -2.43. The van der Waals surface area contributed by atoms with Gasteiger partial charge in [0.25, 0.3) is 5.91 Å². The maximum Gasteiger partial charge on any atom is 0.332 e. The molecule has 1 aliphatic rings. The van der Waals surface area contributed by atoms with Crippen molar-refractivity contribution in [2.24, 2.45) is 0 Å². The molecule has 0 aromatic heterocycles. The zero-order valence-electron chi connectivity index (χ0n) is 20.7. The van der Waals surface area contributed by atoms with Crippen molar-refractivity contribution in [2.45, 2.75) is 38.8 Å². The van der Waals surface area contributed by atoms with E-state index >= 15 is 0 Å². The van der Waals surface area contributed by atoms with Crippen LogP contribution in [0.2, 0.25) is 0 Å². The number of rotatable bonds is 7. The summed E-state index contributed by atoms with van der Waals surface area (Å²) in [5.41, 5.74) is 5.33. The van der Waals surface area contributed by atoms with Gasteiger partial charge in [-0.05, 0) is 66.6 Å². The fraction of sp³-hybridized carbons (Fsp3) is 0.188. The van der Waals surface area contributed by atoms with Crippen molar-refractivity contribution in [1.29, 1.82) is 0 Å². The van der Waals surface area contributed by atoms with Gasteiger partial charge in [0.15, 0.2) is 0 Å². The van der Waals surface area contributed by atoms with Crippen LogP contribution in [0.4, 0.5) is 10.5 Å². The van der Waals surface area contributed by atoms with E-state index in [1.165, 1.54) is 16.0 Å². The summed E-state index contributed by atoms with van der Waals surface area (Å²) in [5.74, 6) is -0.204. The average molecular weight is 475 g/mol. The Morgan fingerprint density at radius 3 is 1.83 bits per heavy atom. The molecule has 4 aromatic carbocycles. The van der Waals surface area contributed by atoms with Crippen molar-refractivity contribution in [2.75, 3.05) is 4.90 Å². The van der Waals surface area contributed by atoms with Crippen LogP contribution >= 0.6 is 0 Å². The van der Waals surface area contributed by atoms with Gasteiger partial charge < -0.3 is 4.90 Å². The average Bonchev–Trinajstić information content (AvgIpc) is 3.05. The van der Waals surface area contributed by atoms with Gasteiger partial charge in [-0.25, -0.2) is 9.69 Å². The number of hydrogen-bond acceptors (Lipinski definition) is 2. The van der Waals surface area contributed by atoms with Crippen LogP contribution in [0.5, 0.6) is 0 Å². The van der Waals surface area contributed by atoms with E-state index in [2.05, 4.69) is 36.4 Å². The van der Waals surface area contributed by atoms with E-state index in [1.54, 1.807) is 4.90 Å². The lowest BCUT2D eigenvalue weighted by atomic mass is 9.97. The summed E-state index contributed by atoms with van der Waals surface area (Å²) >= 11 is 0. The highest BCUT2D eigenvalue weighted by molar-refractivity contribution is 6.22. The van der Waals surface area contributed by atoms with Crippen molar-refractivity contribution in [3.05, 3.63) is 137 Å². The zero-order valence-corrected chi connectivity index (χ0v) is 20.7. The van der Waals surface area contributed by atoms with Gasteiger partial charge in [0, 0.05) is 6.54 Å². The second-order valence-corrected chi connectivity index (χ2v) is 9.83. The second-order valence-electron chi connectivity index (χ2n) is 9.83. The standard InChI is InChI=1S/C32H30N2O2/c1-32(2)30(35)34(29-19-11-16-26(22-29)20-24-12-5-3-6-13-24)31(36)33(32)23-28-18-10-9-17-27(28)21-25-14-7-4-8-15-25/h3-19,22H,20-21,23H2,1-2H3. The molecule has 1 saturated heterocycles. The van der Waals surface area contributed by atoms with Crippen LogP contribution in [-0.2, 0) is 24.2 Å². The molecule has 180 valence electrons. The van der Waals surface area contributed by atoms with Gasteiger partial charge >= 0.3 is 6.03 Å². The topological polar surface area (TPSA) is 40.6 Å². The normalized spacial score (nSPS) is 14.9. The van der Waals surface area contributed by atoms with Gasteiger partial charge in [-0.2, -0.15) is 0 Å². The number of carbonyl (C=O) groups excluding carboxylic acids is 2. The van der Waals surface area contributed by atoms with Crippen LogP contribution in [0.1, 0.15) is 41.7 Å². The molecule has 1 heterocycles. The highest BCUT2D eigenvalue weighted by Crippen LogP contribution is 2.34. The van der Waals surface area contributed by atoms with Gasteiger partial charge in [-0.3, -0.25) is 4.79 Å². The first-order valence-corrected chi connectivity index (χ1v) is 12.3. The minimum absolute atomic E-state index is 0.204. The van der Waals surface area contributed by atoms with Gasteiger partial charge in [0.2, 0.25) is 0 Å². The van der Waals surface area contributed by atoms with Crippen molar-refractivity contribution in [3.8, 4) is 0 Å². The molecule has 0 spiro atoms. The predicted octanol–water partition coefficient (Wildman–Crippen LogP) is 6.62. The van der Waals surface area contributed by atoms with Gasteiger partial charge in [0.1, 0.15) is 5.54 Å². The molecule has 4 heteroatoms. The summed E-state index contributed by atoms with van der Waals surface area (Å²) < 4.78 is 0. The fourth-order valence-electron chi connectivity index (χ4n) is 4.84. The fourth-order valence-corrected chi connectivity index (χ4v) is 4.84. The Hall–Kier alpha value is -4.18. The van der Waals surface area contributed by atoms with E-state index in [4.69, 9.17) is 0 Å². The monoisotopic (exact) mass is 474 g/mol. The predicted molar refractivity (Wildman–Crippen MR) is 144 cm³/mol. The Kier molecular flexibility index (Phi) is 6.43. The molecule has 4 nitrogen and oxygen atoms in total. The first-order valence-electron chi connectivity index (χ1n) is 12.3. The summed E-state index contributed by atoms with van der Waals surface area (Å²) in [6, 6.07) is 36.1. The van der Waals surface area contributed by atoms with Crippen molar-refractivity contribution < 1.29 is 9.59 Å². The smallest absolute Gasteiger partial charge is 0.305 e. The lowest BCUT2D eigenvalue weighted by molar-refractivity contribution is -0.123. The molecule has 0 saturated carbocycles. The molecular formula is C32H30N2O2. The van der Waals surface area contributed by atoms with Gasteiger partial charge in [0.05, 0.1) is 5.69 Å². The Morgan fingerprint density at radius 1 is 0.611 bits per heavy atom. The first-order chi connectivity index (χ1) is 17.4. The second kappa shape index (κ2) is 9.82. The molecule has 0 atom stereocenters. The third-order valence-electron chi connectivity index (χ3n) is 6.93. The summed E-state index contributed by atoms with van der Waals surface area (Å²) in [6.45, 7) is 4.04. The molecule has 1 aliphatic heterocycles. The molecule has 5 rings (SSSR count). The van der Waals surface area contributed by atoms with Crippen LogP contribution in [0.3, 0.4) is 0 Å². The number of benzene rings is 4. The number of nitrogens with zero attached hydrogens (tertiary/aromatic N) is 2.